The van der Waals surface area contributed by atoms with Crippen LogP contribution < -0.4 is 0 Å². The molecule has 0 heterocycles. The molecule has 0 bridgehead atoms. The summed E-state index contributed by atoms with van der Waals surface area (Å²) in [4.78, 5) is 0. The Labute approximate surface area is 70.5 Å². The minimum absolute atomic E-state index is 0.616. The SMILES string of the molecule is CC(O)(O[Si](C)(C)C)C(F)(F)F. The van der Waals surface area contributed by atoms with E-state index in [1.54, 1.807) is 19.6 Å². The van der Waals surface area contributed by atoms with Gasteiger partial charge >= 0.3 is 6.18 Å². The Hall–Kier alpha value is -0.0731. The minimum Gasteiger partial charge on any atom is -0.384 e. The summed E-state index contributed by atoms with van der Waals surface area (Å²) in [6.07, 6.45) is -4.73. The maximum absolute atomic E-state index is 12.0. The summed E-state index contributed by atoms with van der Waals surface area (Å²) < 4.78 is 40.6. The van der Waals surface area contributed by atoms with Crippen molar-refractivity contribution in [1.82, 2.24) is 0 Å². The molecule has 0 saturated heterocycles. The molecule has 0 aromatic heterocycles. The molecule has 0 aliphatic heterocycles. The molecule has 74 valence electrons. The van der Waals surface area contributed by atoms with E-state index in [0.29, 0.717) is 6.92 Å². The predicted octanol–water partition coefficient (Wildman–Crippen LogP) is 2.11. The van der Waals surface area contributed by atoms with Gasteiger partial charge in [-0.2, -0.15) is 13.2 Å². The van der Waals surface area contributed by atoms with Gasteiger partial charge in [0.2, 0.25) is 0 Å². The van der Waals surface area contributed by atoms with Gasteiger partial charge in [0.15, 0.2) is 8.32 Å². The molecule has 0 aliphatic carbocycles. The third-order valence-electron chi connectivity index (χ3n) is 1.03. The van der Waals surface area contributed by atoms with Crippen molar-refractivity contribution < 1.29 is 22.7 Å². The van der Waals surface area contributed by atoms with Gasteiger partial charge in [0, 0.05) is 0 Å². The van der Waals surface area contributed by atoms with Crippen LogP contribution in [0.2, 0.25) is 19.6 Å². The van der Waals surface area contributed by atoms with Crippen molar-refractivity contribution in [3.63, 3.8) is 0 Å². The van der Waals surface area contributed by atoms with E-state index >= 15 is 0 Å². The maximum atomic E-state index is 12.0. The van der Waals surface area contributed by atoms with Crippen molar-refractivity contribution in [2.75, 3.05) is 0 Å². The monoisotopic (exact) mass is 202 g/mol. The molecule has 0 amide bonds. The second-order valence-electron chi connectivity index (χ2n) is 3.70. The number of hydrogen-bond donors (Lipinski definition) is 1. The first-order valence-corrected chi connectivity index (χ1v) is 6.86. The van der Waals surface area contributed by atoms with E-state index in [1.807, 2.05) is 0 Å². The maximum Gasteiger partial charge on any atom is 0.441 e. The summed E-state index contributed by atoms with van der Waals surface area (Å²) in [7, 11) is -2.37. The van der Waals surface area contributed by atoms with Crippen LogP contribution in [0.1, 0.15) is 6.92 Å². The fourth-order valence-corrected chi connectivity index (χ4v) is 1.96. The third-order valence-corrected chi connectivity index (χ3v) is 2.04. The van der Waals surface area contributed by atoms with E-state index in [1.165, 1.54) is 0 Å². The summed E-state index contributed by atoms with van der Waals surface area (Å²) in [5.41, 5.74) is 0. The number of hydrogen-bond acceptors (Lipinski definition) is 2. The first kappa shape index (κ1) is 11.9. The van der Waals surface area contributed by atoms with Crippen molar-refractivity contribution in [3.8, 4) is 0 Å². The molecular formula is C6H13F3O2Si. The predicted molar refractivity (Wildman–Crippen MR) is 41.1 cm³/mol. The fourth-order valence-electron chi connectivity index (χ4n) is 0.654. The molecule has 6 heteroatoms. The van der Waals surface area contributed by atoms with Crippen molar-refractivity contribution in [1.29, 1.82) is 0 Å². The molecule has 0 aliphatic rings. The Bertz CT molecular complexity index is 159. The quantitative estimate of drug-likeness (QED) is 0.549. The number of alkyl halides is 3. The highest BCUT2D eigenvalue weighted by atomic mass is 28.4. The Morgan fingerprint density at radius 2 is 1.50 bits per heavy atom. The zero-order chi connectivity index (χ0) is 10.2. The van der Waals surface area contributed by atoms with E-state index < -0.39 is 20.3 Å². The first-order chi connectivity index (χ1) is 4.96. The van der Waals surface area contributed by atoms with Crippen LogP contribution >= 0.6 is 0 Å². The second kappa shape index (κ2) is 3.01. The topological polar surface area (TPSA) is 29.5 Å². The lowest BCUT2D eigenvalue weighted by molar-refractivity contribution is -0.330. The number of halogens is 3. The molecule has 0 rings (SSSR count). The molecule has 2 nitrogen and oxygen atoms in total. The van der Waals surface area contributed by atoms with Gasteiger partial charge < -0.3 is 9.53 Å². The zero-order valence-electron chi connectivity index (χ0n) is 7.49. The largest absolute Gasteiger partial charge is 0.441 e. The van der Waals surface area contributed by atoms with Gasteiger partial charge in [-0.1, -0.05) is 0 Å². The van der Waals surface area contributed by atoms with Gasteiger partial charge in [0.25, 0.3) is 5.79 Å². The smallest absolute Gasteiger partial charge is 0.384 e. The highest BCUT2D eigenvalue weighted by Crippen LogP contribution is 2.33. The zero-order valence-corrected chi connectivity index (χ0v) is 8.49. The molecule has 12 heavy (non-hydrogen) atoms. The van der Waals surface area contributed by atoms with Crippen LogP contribution in [0.15, 0.2) is 0 Å². The van der Waals surface area contributed by atoms with Crippen molar-refractivity contribution >= 4 is 8.32 Å². The number of rotatable bonds is 2. The molecule has 1 atom stereocenters. The average Bonchev–Trinajstić information content (AvgIpc) is 1.52. The summed E-state index contributed by atoms with van der Waals surface area (Å²) in [6.45, 7) is 5.35. The standard InChI is InChI=1S/C6H13F3O2Si/c1-5(10,6(7,8)9)11-12(2,3)4/h10H,1-4H3. The van der Waals surface area contributed by atoms with E-state index in [4.69, 9.17) is 5.11 Å². The van der Waals surface area contributed by atoms with Crippen LogP contribution in [0, 0.1) is 0 Å². The van der Waals surface area contributed by atoms with E-state index in [0.717, 1.165) is 0 Å². The summed E-state index contributed by atoms with van der Waals surface area (Å²) >= 11 is 0. The Morgan fingerprint density at radius 1 is 1.17 bits per heavy atom. The second-order valence-corrected chi connectivity index (χ2v) is 8.12. The summed E-state index contributed by atoms with van der Waals surface area (Å²) in [5, 5.41) is 8.87. The van der Waals surface area contributed by atoms with Gasteiger partial charge in [-0.15, -0.1) is 0 Å². The van der Waals surface area contributed by atoms with Gasteiger partial charge in [-0.05, 0) is 26.6 Å². The fraction of sp³-hybridized carbons (Fsp3) is 1.00. The Balaban J connectivity index is 4.44. The van der Waals surface area contributed by atoms with E-state index in [9.17, 15) is 13.2 Å². The van der Waals surface area contributed by atoms with Crippen LogP contribution in [0.25, 0.3) is 0 Å². The Morgan fingerprint density at radius 3 is 1.58 bits per heavy atom. The van der Waals surface area contributed by atoms with Crippen LogP contribution in [0.5, 0.6) is 0 Å². The van der Waals surface area contributed by atoms with Crippen molar-refractivity contribution in [2.24, 2.45) is 0 Å². The van der Waals surface area contributed by atoms with Crippen LogP contribution in [-0.4, -0.2) is 25.4 Å². The molecule has 0 spiro atoms. The van der Waals surface area contributed by atoms with Crippen LogP contribution in [0.4, 0.5) is 13.2 Å². The number of aliphatic hydroxyl groups is 1. The summed E-state index contributed by atoms with van der Waals surface area (Å²) in [5.74, 6) is -3.02. The lowest BCUT2D eigenvalue weighted by Gasteiger charge is -2.32. The molecule has 1 unspecified atom stereocenters. The molecule has 0 radical (unpaired) electrons. The van der Waals surface area contributed by atoms with Gasteiger partial charge in [0.1, 0.15) is 0 Å². The highest BCUT2D eigenvalue weighted by molar-refractivity contribution is 6.69. The lowest BCUT2D eigenvalue weighted by Crippen LogP contribution is -2.50. The molecule has 0 aromatic carbocycles. The normalized spacial score (nSPS) is 19.0. The van der Waals surface area contributed by atoms with Gasteiger partial charge in [-0.3, -0.25) is 0 Å². The molecule has 0 aromatic rings. The van der Waals surface area contributed by atoms with Crippen LogP contribution in [-0.2, 0) is 4.43 Å². The average molecular weight is 202 g/mol. The molecule has 1 N–H and O–H groups in total. The molecular weight excluding hydrogens is 189 g/mol. The molecule has 0 fully saturated rings. The van der Waals surface area contributed by atoms with Crippen molar-refractivity contribution in [3.05, 3.63) is 0 Å². The van der Waals surface area contributed by atoms with Crippen molar-refractivity contribution in [2.45, 2.75) is 38.5 Å². The van der Waals surface area contributed by atoms with E-state index in [-0.39, 0.29) is 0 Å². The summed E-state index contributed by atoms with van der Waals surface area (Å²) in [6, 6.07) is 0. The van der Waals surface area contributed by atoms with Gasteiger partial charge in [0.05, 0.1) is 0 Å². The van der Waals surface area contributed by atoms with Crippen LogP contribution in [0.3, 0.4) is 0 Å². The molecule has 0 saturated carbocycles. The van der Waals surface area contributed by atoms with Gasteiger partial charge in [-0.25, -0.2) is 0 Å². The lowest BCUT2D eigenvalue weighted by atomic mass is 10.3. The third kappa shape index (κ3) is 3.55. The van der Waals surface area contributed by atoms with E-state index in [2.05, 4.69) is 4.43 Å². The first-order valence-electron chi connectivity index (χ1n) is 3.45. The highest BCUT2D eigenvalue weighted by Gasteiger charge is 2.53. The Kier molecular flexibility index (Phi) is 2.99. The minimum atomic E-state index is -4.73.